The molecule has 2 unspecified atom stereocenters. The van der Waals surface area contributed by atoms with Gasteiger partial charge in [-0.25, -0.2) is 0 Å². The number of hydrogen-bond donors (Lipinski definition) is 0. The third kappa shape index (κ3) is 1.55. The maximum Gasteiger partial charge on any atom is 0.225 e. The molecule has 2 rings (SSSR count). The van der Waals surface area contributed by atoms with Crippen molar-refractivity contribution in [2.24, 2.45) is 5.41 Å². The molecule has 1 aliphatic rings. The first-order chi connectivity index (χ1) is 7.52. The minimum atomic E-state index is 0.0880. The van der Waals surface area contributed by atoms with Crippen molar-refractivity contribution in [1.29, 1.82) is 0 Å². The molecular weight excluding hydrogens is 226 g/mol. The highest BCUT2D eigenvalue weighted by molar-refractivity contribution is 6.28. The van der Waals surface area contributed by atoms with Gasteiger partial charge in [0.1, 0.15) is 5.82 Å². The maximum atomic E-state index is 6.10. The lowest BCUT2D eigenvalue weighted by molar-refractivity contribution is -0.113. The van der Waals surface area contributed by atoms with Crippen molar-refractivity contribution >= 4 is 11.6 Å². The summed E-state index contributed by atoms with van der Waals surface area (Å²) in [4.78, 5) is 0. The molecule has 0 bridgehead atoms. The second kappa shape index (κ2) is 4.00. The summed E-state index contributed by atoms with van der Waals surface area (Å²) in [7, 11) is 1.76. The summed E-state index contributed by atoms with van der Waals surface area (Å²) in [6.45, 7) is 6.46. The molecule has 0 saturated heterocycles. The van der Waals surface area contributed by atoms with Crippen LogP contribution in [0.4, 0.5) is 0 Å². The van der Waals surface area contributed by atoms with Crippen molar-refractivity contribution in [3.63, 3.8) is 0 Å². The number of nitrogens with zero attached hydrogens (tertiary/aromatic N) is 3. The molecule has 0 aromatic carbocycles. The third-order valence-corrected chi connectivity index (χ3v) is 4.02. The van der Waals surface area contributed by atoms with E-state index < -0.39 is 0 Å². The number of hydrogen-bond acceptors (Lipinski definition) is 3. The van der Waals surface area contributed by atoms with Gasteiger partial charge in [0.05, 0.1) is 6.10 Å². The fraction of sp³-hybridized carbons (Fsp3) is 0.818. The summed E-state index contributed by atoms with van der Waals surface area (Å²) in [6, 6.07) is 0.342. The first-order valence-corrected chi connectivity index (χ1v) is 6.02. The summed E-state index contributed by atoms with van der Waals surface area (Å²) < 4.78 is 7.50. The molecule has 0 N–H and O–H groups in total. The number of ether oxygens (including phenoxy) is 1. The average molecular weight is 244 g/mol. The van der Waals surface area contributed by atoms with Crippen molar-refractivity contribution in [1.82, 2.24) is 14.8 Å². The zero-order valence-electron chi connectivity index (χ0n) is 10.2. The van der Waals surface area contributed by atoms with E-state index >= 15 is 0 Å². The largest absolute Gasteiger partial charge is 0.381 e. The van der Waals surface area contributed by atoms with Crippen LogP contribution < -0.4 is 0 Å². The molecule has 1 fully saturated rings. The van der Waals surface area contributed by atoms with E-state index in [9.17, 15) is 0 Å². The Morgan fingerprint density at radius 2 is 2.19 bits per heavy atom. The molecule has 2 atom stereocenters. The number of rotatable bonds is 3. The van der Waals surface area contributed by atoms with Crippen molar-refractivity contribution in [3.8, 4) is 0 Å². The van der Waals surface area contributed by atoms with Crippen LogP contribution in [0.2, 0.25) is 5.28 Å². The second-order valence-corrected chi connectivity index (χ2v) is 5.24. The highest BCUT2D eigenvalue weighted by Gasteiger charge is 2.50. The molecule has 4 nitrogen and oxygen atoms in total. The molecule has 0 radical (unpaired) electrons. The van der Waals surface area contributed by atoms with Crippen LogP contribution in [0, 0.1) is 5.41 Å². The van der Waals surface area contributed by atoms with Gasteiger partial charge in [0.2, 0.25) is 5.28 Å². The molecule has 90 valence electrons. The van der Waals surface area contributed by atoms with E-state index in [1.807, 2.05) is 0 Å². The van der Waals surface area contributed by atoms with Crippen LogP contribution in [0.15, 0.2) is 0 Å². The van der Waals surface area contributed by atoms with Crippen molar-refractivity contribution in [3.05, 3.63) is 11.1 Å². The maximum absolute atomic E-state index is 6.10. The van der Waals surface area contributed by atoms with E-state index in [1.165, 1.54) is 0 Å². The van der Waals surface area contributed by atoms with Gasteiger partial charge in [0, 0.05) is 25.0 Å². The molecule has 16 heavy (non-hydrogen) atoms. The van der Waals surface area contributed by atoms with Gasteiger partial charge in [-0.15, -0.1) is 10.2 Å². The Morgan fingerprint density at radius 3 is 2.69 bits per heavy atom. The molecule has 5 heteroatoms. The third-order valence-electron chi connectivity index (χ3n) is 3.76. The Morgan fingerprint density at radius 1 is 1.50 bits per heavy atom. The van der Waals surface area contributed by atoms with Crippen LogP contribution in [0.25, 0.3) is 0 Å². The zero-order valence-corrected chi connectivity index (χ0v) is 11.0. The van der Waals surface area contributed by atoms with Crippen LogP contribution in [0.1, 0.15) is 39.1 Å². The predicted octanol–water partition coefficient (Wildman–Crippen LogP) is 2.48. The summed E-state index contributed by atoms with van der Waals surface area (Å²) in [5, 5.41) is 8.53. The van der Waals surface area contributed by atoms with Gasteiger partial charge in [-0.3, -0.25) is 4.57 Å². The number of aromatic nitrogens is 3. The van der Waals surface area contributed by atoms with Gasteiger partial charge in [-0.2, -0.15) is 0 Å². The minimum Gasteiger partial charge on any atom is -0.381 e. The lowest BCUT2D eigenvalue weighted by Gasteiger charge is -2.51. The quantitative estimate of drug-likeness (QED) is 0.819. The fourth-order valence-corrected chi connectivity index (χ4v) is 2.81. The van der Waals surface area contributed by atoms with E-state index in [1.54, 1.807) is 7.11 Å². The molecule has 1 aromatic heterocycles. The summed E-state index contributed by atoms with van der Waals surface area (Å²) in [5.74, 6) is 0.956. The zero-order chi connectivity index (χ0) is 11.9. The Hall–Kier alpha value is -0.610. The van der Waals surface area contributed by atoms with E-state index in [-0.39, 0.29) is 5.41 Å². The molecule has 1 saturated carbocycles. The lowest BCUT2D eigenvalue weighted by atomic mass is 9.64. The normalized spacial score (nSPS) is 27.8. The molecule has 1 aromatic rings. The summed E-state index contributed by atoms with van der Waals surface area (Å²) in [6.07, 6.45) is 2.12. The highest BCUT2D eigenvalue weighted by atomic mass is 35.5. The molecule has 0 amide bonds. The second-order valence-electron chi connectivity index (χ2n) is 4.91. The Labute approximate surface area is 101 Å². The van der Waals surface area contributed by atoms with Gasteiger partial charge in [0.25, 0.3) is 0 Å². The molecule has 1 heterocycles. The lowest BCUT2D eigenvalue weighted by Crippen LogP contribution is -2.51. The fourth-order valence-electron chi connectivity index (χ4n) is 2.55. The summed E-state index contributed by atoms with van der Waals surface area (Å²) >= 11 is 6.10. The van der Waals surface area contributed by atoms with E-state index in [0.29, 0.717) is 17.4 Å². The number of halogens is 1. The van der Waals surface area contributed by atoms with E-state index in [4.69, 9.17) is 16.3 Å². The van der Waals surface area contributed by atoms with Gasteiger partial charge in [-0.1, -0.05) is 20.8 Å². The molecule has 0 spiro atoms. The van der Waals surface area contributed by atoms with Crippen LogP contribution in [0.5, 0.6) is 0 Å². The van der Waals surface area contributed by atoms with E-state index in [0.717, 1.165) is 18.7 Å². The Balaban J connectivity index is 2.30. The van der Waals surface area contributed by atoms with Gasteiger partial charge >= 0.3 is 0 Å². The average Bonchev–Trinajstić information content (AvgIpc) is 2.59. The molecular formula is C11H18ClN3O. The van der Waals surface area contributed by atoms with Crippen LogP contribution in [-0.2, 0) is 11.2 Å². The first kappa shape index (κ1) is 11.9. The topological polar surface area (TPSA) is 39.9 Å². The standard InChI is InChI=1S/C11H18ClN3O/c1-5-9-13-14-10(12)15(9)7-6-8(16-4)11(7,2)3/h7-8H,5-6H2,1-4H3. The monoisotopic (exact) mass is 243 g/mol. The van der Waals surface area contributed by atoms with Gasteiger partial charge in [0.15, 0.2) is 0 Å². The first-order valence-electron chi connectivity index (χ1n) is 5.64. The number of aryl methyl sites for hydroxylation is 1. The van der Waals surface area contributed by atoms with Crippen LogP contribution >= 0.6 is 11.6 Å². The Kier molecular flexibility index (Phi) is 2.97. The highest BCUT2D eigenvalue weighted by Crippen LogP contribution is 2.52. The molecule has 1 aliphatic carbocycles. The Bertz CT molecular complexity index is 389. The van der Waals surface area contributed by atoms with Crippen molar-refractivity contribution in [2.45, 2.75) is 45.8 Å². The van der Waals surface area contributed by atoms with Gasteiger partial charge < -0.3 is 4.74 Å². The summed E-state index contributed by atoms with van der Waals surface area (Å²) in [5.41, 5.74) is 0.0880. The number of methoxy groups -OCH3 is 1. The molecule has 0 aliphatic heterocycles. The minimum absolute atomic E-state index is 0.0880. The van der Waals surface area contributed by atoms with Gasteiger partial charge in [-0.05, 0) is 18.0 Å². The SMILES string of the molecule is CCc1nnc(Cl)n1C1CC(OC)C1(C)C. The predicted molar refractivity (Wildman–Crippen MR) is 62.6 cm³/mol. The van der Waals surface area contributed by atoms with Crippen molar-refractivity contribution < 1.29 is 4.74 Å². The van der Waals surface area contributed by atoms with E-state index in [2.05, 4.69) is 35.5 Å². The van der Waals surface area contributed by atoms with Crippen LogP contribution in [0.3, 0.4) is 0 Å². The smallest absolute Gasteiger partial charge is 0.225 e. The van der Waals surface area contributed by atoms with Crippen LogP contribution in [-0.4, -0.2) is 28.0 Å². The van der Waals surface area contributed by atoms with Crippen molar-refractivity contribution in [2.75, 3.05) is 7.11 Å².